The molecular weight excluding hydrogens is 425 g/mol. The number of anilines is 1. The number of amides is 3. The van der Waals surface area contributed by atoms with Crippen LogP contribution < -0.4 is 10.6 Å². The zero-order valence-corrected chi connectivity index (χ0v) is 17.5. The molecular formula is C21H23ClFN5O3. The summed E-state index contributed by atoms with van der Waals surface area (Å²) in [6, 6.07) is 3.73. The normalized spacial score (nSPS) is 20.6. The highest BCUT2D eigenvalue weighted by Crippen LogP contribution is 2.28. The van der Waals surface area contributed by atoms with Gasteiger partial charge in [-0.1, -0.05) is 11.6 Å². The lowest BCUT2D eigenvalue weighted by Gasteiger charge is -2.30. The summed E-state index contributed by atoms with van der Waals surface area (Å²) in [6.07, 6.45) is 4.76. The number of nitrogens with one attached hydrogen (secondary N) is 3. The summed E-state index contributed by atoms with van der Waals surface area (Å²) in [5.74, 6) is -1.46. The Kier molecular flexibility index (Phi) is 6.22. The summed E-state index contributed by atoms with van der Waals surface area (Å²) in [4.78, 5) is 46.1. The van der Waals surface area contributed by atoms with E-state index >= 15 is 0 Å². The Balaban J connectivity index is 1.29. The summed E-state index contributed by atoms with van der Waals surface area (Å²) in [7, 11) is 0. The molecule has 1 saturated carbocycles. The maximum atomic E-state index is 13.2. The summed E-state index contributed by atoms with van der Waals surface area (Å²) in [5, 5.41) is 5.84. The second-order valence-corrected chi connectivity index (χ2v) is 8.31. The molecule has 0 radical (unpaired) electrons. The molecule has 4 rings (SSSR count). The molecule has 0 atom stereocenters. The Bertz CT molecular complexity index is 999. The first-order valence-electron chi connectivity index (χ1n) is 10.3. The smallest absolute Gasteiger partial charge is 0.274 e. The first-order valence-corrected chi connectivity index (χ1v) is 10.7. The molecule has 8 nitrogen and oxygen atoms in total. The molecule has 0 bridgehead atoms. The molecule has 2 fully saturated rings. The molecule has 1 aromatic carbocycles. The topological polar surface area (TPSA) is 107 Å². The fourth-order valence-electron chi connectivity index (χ4n) is 3.88. The van der Waals surface area contributed by atoms with Crippen molar-refractivity contribution in [1.29, 1.82) is 0 Å². The van der Waals surface area contributed by atoms with Gasteiger partial charge < -0.3 is 20.5 Å². The van der Waals surface area contributed by atoms with E-state index in [-0.39, 0.29) is 46.1 Å². The molecule has 31 heavy (non-hydrogen) atoms. The molecule has 2 aromatic rings. The lowest BCUT2D eigenvalue weighted by molar-refractivity contribution is -0.120. The van der Waals surface area contributed by atoms with Gasteiger partial charge in [-0.15, -0.1) is 0 Å². The molecule has 3 amide bonds. The van der Waals surface area contributed by atoms with Crippen LogP contribution in [-0.4, -0.2) is 51.7 Å². The van der Waals surface area contributed by atoms with Crippen molar-refractivity contribution in [2.45, 2.75) is 38.1 Å². The van der Waals surface area contributed by atoms with Gasteiger partial charge in [0.2, 0.25) is 5.91 Å². The van der Waals surface area contributed by atoms with Crippen LogP contribution >= 0.6 is 11.6 Å². The van der Waals surface area contributed by atoms with Crippen LogP contribution in [0.1, 0.15) is 53.1 Å². The van der Waals surface area contributed by atoms with Gasteiger partial charge in [-0.05, 0) is 50.3 Å². The minimum atomic E-state index is -0.466. The zero-order chi connectivity index (χ0) is 22.0. The van der Waals surface area contributed by atoms with Crippen LogP contribution in [0.2, 0.25) is 5.02 Å². The van der Waals surface area contributed by atoms with Crippen LogP contribution in [0.15, 0.2) is 24.5 Å². The molecule has 3 N–H and O–H groups in total. The molecule has 164 valence electrons. The lowest BCUT2D eigenvalue weighted by atomic mass is 9.85. The van der Waals surface area contributed by atoms with Gasteiger partial charge in [0.1, 0.15) is 11.5 Å². The molecule has 10 heteroatoms. The minimum absolute atomic E-state index is 0.0961. The number of nitrogens with zero attached hydrogens (tertiary/aromatic N) is 2. The van der Waals surface area contributed by atoms with E-state index in [1.54, 1.807) is 4.90 Å². The monoisotopic (exact) mass is 447 g/mol. The summed E-state index contributed by atoms with van der Waals surface area (Å²) >= 11 is 5.97. The number of likely N-dealkylation sites (tertiary alicyclic amines) is 1. The van der Waals surface area contributed by atoms with Gasteiger partial charge in [-0.2, -0.15) is 0 Å². The fourth-order valence-corrected chi connectivity index (χ4v) is 4.10. The van der Waals surface area contributed by atoms with Crippen LogP contribution in [0.4, 0.5) is 10.1 Å². The van der Waals surface area contributed by atoms with E-state index < -0.39 is 5.82 Å². The van der Waals surface area contributed by atoms with E-state index in [9.17, 15) is 18.8 Å². The van der Waals surface area contributed by atoms with Gasteiger partial charge in [-0.25, -0.2) is 9.37 Å². The Morgan fingerprint density at radius 1 is 1.16 bits per heavy atom. The summed E-state index contributed by atoms with van der Waals surface area (Å²) in [5.41, 5.74) is 0.686. The number of aromatic nitrogens is 2. The number of aromatic amines is 1. The lowest BCUT2D eigenvalue weighted by Crippen LogP contribution is -2.44. The van der Waals surface area contributed by atoms with E-state index in [1.807, 2.05) is 0 Å². The van der Waals surface area contributed by atoms with Crippen LogP contribution in [0.3, 0.4) is 0 Å². The number of rotatable bonds is 5. The Hall–Kier alpha value is -2.94. The number of benzene rings is 1. The third kappa shape index (κ3) is 4.71. The van der Waals surface area contributed by atoms with Crippen molar-refractivity contribution in [3.63, 3.8) is 0 Å². The number of hydrogen-bond donors (Lipinski definition) is 3. The van der Waals surface area contributed by atoms with E-state index in [0.717, 1.165) is 12.5 Å². The second kappa shape index (κ2) is 9.05. The van der Waals surface area contributed by atoms with Gasteiger partial charge in [0, 0.05) is 25.0 Å². The maximum absolute atomic E-state index is 13.2. The SMILES string of the molecule is O=C(N[C@H]1CC[C@H](C(=O)Nc2ccc(F)cc2Cl)CC1)c1[nH]cnc1C(=O)N1CCC1. The third-order valence-corrected chi connectivity index (χ3v) is 6.15. The fraction of sp³-hybridized carbons (Fsp3) is 0.429. The molecule has 1 saturated heterocycles. The number of carbonyl (C=O) groups is 3. The van der Waals surface area contributed by atoms with Gasteiger partial charge in [0.15, 0.2) is 5.69 Å². The van der Waals surface area contributed by atoms with Crippen molar-refractivity contribution in [2.75, 3.05) is 18.4 Å². The van der Waals surface area contributed by atoms with Crippen LogP contribution in [0, 0.1) is 11.7 Å². The van der Waals surface area contributed by atoms with Gasteiger partial charge in [0.05, 0.1) is 17.0 Å². The van der Waals surface area contributed by atoms with Crippen LogP contribution in [-0.2, 0) is 4.79 Å². The summed E-state index contributed by atoms with van der Waals surface area (Å²) in [6.45, 7) is 1.37. The number of hydrogen-bond acceptors (Lipinski definition) is 4. The zero-order valence-electron chi connectivity index (χ0n) is 16.8. The highest BCUT2D eigenvalue weighted by molar-refractivity contribution is 6.33. The summed E-state index contributed by atoms with van der Waals surface area (Å²) < 4.78 is 13.2. The first-order chi connectivity index (χ1) is 14.9. The highest BCUT2D eigenvalue weighted by Gasteiger charge is 2.31. The highest BCUT2D eigenvalue weighted by atomic mass is 35.5. The maximum Gasteiger partial charge on any atom is 0.274 e. The molecule has 2 heterocycles. The number of H-pyrrole nitrogens is 1. The van der Waals surface area contributed by atoms with Crippen molar-refractivity contribution in [3.05, 3.63) is 46.8 Å². The number of halogens is 2. The van der Waals surface area contributed by atoms with Crippen LogP contribution in [0.5, 0.6) is 0 Å². The predicted octanol–water partition coefficient (Wildman–Crippen LogP) is 2.98. The van der Waals surface area contributed by atoms with E-state index in [2.05, 4.69) is 20.6 Å². The first kappa shape index (κ1) is 21.3. The van der Waals surface area contributed by atoms with Gasteiger partial charge >= 0.3 is 0 Å². The quantitative estimate of drug-likeness (QED) is 0.654. The van der Waals surface area contributed by atoms with E-state index in [0.29, 0.717) is 44.5 Å². The minimum Gasteiger partial charge on any atom is -0.348 e. The standard InChI is InChI=1S/C21H23ClFN5O3/c22-15-10-13(23)4-7-16(15)27-19(29)12-2-5-14(6-3-12)26-20(30)17-18(25-11-24-17)21(31)28-8-1-9-28/h4,7,10-12,14H,1-3,5-6,8-9H2,(H,24,25)(H,26,30)(H,27,29)/t12-,14-. The Labute approximate surface area is 183 Å². The molecule has 1 aliphatic heterocycles. The molecule has 2 aliphatic rings. The second-order valence-electron chi connectivity index (χ2n) is 7.91. The average molecular weight is 448 g/mol. The third-order valence-electron chi connectivity index (χ3n) is 5.83. The number of imidazole rings is 1. The number of carbonyl (C=O) groups excluding carboxylic acids is 3. The molecule has 1 aromatic heterocycles. The van der Waals surface area contributed by atoms with E-state index in [4.69, 9.17) is 11.6 Å². The Morgan fingerprint density at radius 3 is 2.55 bits per heavy atom. The van der Waals surface area contributed by atoms with Gasteiger partial charge in [0.25, 0.3) is 11.8 Å². The molecule has 1 aliphatic carbocycles. The van der Waals surface area contributed by atoms with E-state index in [1.165, 1.54) is 18.5 Å². The van der Waals surface area contributed by atoms with Crippen molar-refractivity contribution < 1.29 is 18.8 Å². The van der Waals surface area contributed by atoms with Crippen molar-refractivity contribution >= 4 is 35.0 Å². The largest absolute Gasteiger partial charge is 0.348 e. The molecule has 0 unspecified atom stereocenters. The molecule has 0 spiro atoms. The average Bonchev–Trinajstić information content (AvgIpc) is 3.19. The van der Waals surface area contributed by atoms with Crippen LogP contribution in [0.25, 0.3) is 0 Å². The predicted molar refractivity (Wildman–Crippen MR) is 112 cm³/mol. The Morgan fingerprint density at radius 2 is 1.90 bits per heavy atom. The van der Waals surface area contributed by atoms with Gasteiger partial charge in [-0.3, -0.25) is 14.4 Å². The van der Waals surface area contributed by atoms with Crippen molar-refractivity contribution in [2.24, 2.45) is 5.92 Å². The van der Waals surface area contributed by atoms with Crippen molar-refractivity contribution in [3.8, 4) is 0 Å². The van der Waals surface area contributed by atoms with Crippen molar-refractivity contribution in [1.82, 2.24) is 20.2 Å².